The number of hydrogen-bond acceptors (Lipinski definition) is 2. The maximum Gasteiger partial charge on any atom is 0.0212 e. The molecule has 0 bridgehead atoms. The first kappa shape index (κ1) is 13.0. The second-order valence-corrected chi connectivity index (χ2v) is 7.18. The molecule has 1 fully saturated rings. The molecule has 15 heavy (non-hydrogen) atoms. The molecule has 2 nitrogen and oxygen atoms in total. The SMILES string of the molecule is CC(C)(C)CN1CCC(NC(C)(C)C)C1. The van der Waals surface area contributed by atoms with Crippen molar-refractivity contribution < 1.29 is 0 Å². The van der Waals surface area contributed by atoms with Crippen LogP contribution in [0.3, 0.4) is 0 Å². The number of likely N-dealkylation sites (tertiary alicyclic amines) is 1. The van der Waals surface area contributed by atoms with E-state index in [9.17, 15) is 0 Å². The Morgan fingerprint density at radius 2 is 1.73 bits per heavy atom. The lowest BCUT2D eigenvalue weighted by Crippen LogP contribution is -2.45. The predicted octanol–water partition coefficient (Wildman–Crippen LogP) is 2.49. The summed E-state index contributed by atoms with van der Waals surface area (Å²) in [5.41, 5.74) is 0.680. The molecule has 1 rings (SSSR count). The minimum atomic E-state index is 0.252. The van der Waals surface area contributed by atoms with Crippen molar-refractivity contribution in [1.82, 2.24) is 10.2 Å². The van der Waals surface area contributed by atoms with Crippen LogP contribution in [-0.4, -0.2) is 36.1 Å². The van der Waals surface area contributed by atoms with Crippen molar-refractivity contribution in [3.05, 3.63) is 0 Å². The molecule has 0 aromatic carbocycles. The molecule has 1 atom stereocenters. The van der Waals surface area contributed by atoms with E-state index in [-0.39, 0.29) is 5.54 Å². The van der Waals surface area contributed by atoms with Gasteiger partial charge in [-0.2, -0.15) is 0 Å². The van der Waals surface area contributed by atoms with Crippen LogP contribution in [0.15, 0.2) is 0 Å². The molecule has 0 spiro atoms. The molecule has 0 aromatic rings. The van der Waals surface area contributed by atoms with Crippen molar-refractivity contribution in [2.45, 2.75) is 59.5 Å². The highest BCUT2D eigenvalue weighted by atomic mass is 15.2. The lowest BCUT2D eigenvalue weighted by molar-refractivity contribution is 0.219. The van der Waals surface area contributed by atoms with Gasteiger partial charge in [0.1, 0.15) is 0 Å². The summed E-state index contributed by atoms with van der Waals surface area (Å²) in [6, 6.07) is 0.687. The van der Waals surface area contributed by atoms with E-state index in [0.717, 1.165) is 0 Å². The third-order valence-electron chi connectivity index (χ3n) is 2.61. The van der Waals surface area contributed by atoms with Gasteiger partial charge < -0.3 is 10.2 Å². The smallest absolute Gasteiger partial charge is 0.0212 e. The van der Waals surface area contributed by atoms with Crippen LogP contribution in [0.2, 0.25) is 0 Å². The first-order chi connectivity index (χ1) is 6.66. The van der Waals surface area contributed by atoms with Crippen LogP contribution in [0.4, 0.5) is 0 Å². The lowest BCUT2D eigenvalue weighted by atomic mass is 9.96. The molecule has 0 saturated carbocycles. The van der Waals surface area contributed by atoms with E-state index in [0.29, 0.717) is 11.5 Å². The Labute approximate surface area is 95.4 Å². The maximum absolute atomic E-state index is 3.69. The Balaban J connectivity index is 2.33. The van der Waals surface area contributed by atoms with Gasteiger partial charge in [0, 0.05) is 24.7 Å². The van der Waals surface area contributed by atoms with Crippen LogP contribution in [0.25, 0.3) is 0 Å². The van der Waals surface area contributed by atoms with Crippen LogP contribution < -0.4 is 5.32 Å². The van der Waals surface area contributed by atoms with Gasteiger partial charge in [-0.25, -0.2) is 0 Å². The summed E-state index contributed by atoms with van der Waals surface area (Å²) in [5.74, 6) is 0. The van der Waals surface area contributed by atoms with E-state index in [1.165, 1.54) is 26.1 Å². The van der Waals surface area contributed by atoms with Gasteiger partial charge in [0.25, 0.3) is 0 Å². The van der Waals surface area contributed by atoms with E-state index < -0.39 is 0 Å². The quantitative estimate of drug-likeness (QED) is 0.756. The van der Waals surface area contributed by atoms with Gasteiger partial charge >= 0.3 is 0 Å². The zero-order valence-electron chi connectivity index (χ0n) is 11.4. The van der Waals surface area contributed by atoms with E-state index in [1.54, 1.807) is 0 Å². The number of hydrogen-bond donors (Lipinski definition) is 1. The number of rotatable bonds is 2. The van der Waals surface area contributed by atoms with Gasteiger partial charge in [-0.1, -0.05) is 20.8 Å². The van der Waals surface area contributed by atoms with E-state index >= 15 is 0 Å². The highest BCUT2D eigenvalue weighted by molar-refractivity contribution is 4.87. The summed E-state index contributed by atoms with van der Waals surface area (Å²) in [7, 11) is 0. The van der Waals surface area contributed by atoms with Crippen LogP contribution in [0.1, 0.15) is 48.0 Å². The zero-order chi connectivity index (χ0) is 11.7. The Kier molecular flexibility index (Phi) is 3.83. The maximum atomic E-state index is 3.69. The molecule has 1 N–H and O–H groups in total. The van der Waals surface area contributed by atoms with Crippen molar-refractivity contribution in [2.24, 2.45) is 5.41 Å². The topological polar surface area (TPSA) is 15.3 Å². The van der Waals surface area contributed by atoms with Gasteiger partial charge in [-0.05, 0) is 39.2 Å². The first-order valence-electron chi connectivity index (χ1n) is 6.16. The summed E-state index contributed by atoms with van der Waals surface area (Å²) >= 11 is 0. The molecule has 1 aliphatic heterocycles. The monoisotopic (exact) mass is 212 g/mol. The van der Waals surface area contributed by atoms with Crippen LogP contribution >= 0.6 is 0 Å². The van der Waals surface area contributed by atoms with Gasteiger partial charge in [0.05, 0.1) is 0 Å². The highest BCUT2D eigenvalue weighted by Gasteiger charge is 2.27. The Bertz CT molecular complexity index is 176. The molecule has 0 aliphatic carbocycles. The van der Waals surface area contributed by atoms with Crippen molar-refractivity contribution in [3.63, 3.8) is 0 Å². The fourth-order valence-electron chi connectivity index (χ4n) is 2.38. The minimum absolute atomic E-state index is 0.252. The molecule has 0 aromatic heterocycles. The molecule has 90 valence electrons. The van der Waals surface area contributed by atoms with Crippen LogP contribution in [-0.2, 0) is 0 Å². The molecule has 1 unspecified atom stereocenters. The second kappa shape index (κ2) is 4.42. The van der Waals surface area contributed by atoms with Crippen molar-refractivity contribution >= 4 is 0 Å². The highest BCUT2D eigenvalue weighted by Crippen LogP contribution is 2.20. The Hall–Kier alpha value is -0.0800. The average molecular weight is 212 g/mol. The fraction of sp³-hybridized carbons (Fsp3) is 1.00. The molecule has 0 radical (unpaired) electrons. The van der Waals surface area contributed by atoms with Gasteiger partial charge in [0.15, 0.2) is 0 Å². The van der Waals surface area contributed by atoms with Gasteiger partial charge in [0.2, 0.25) is 0 Å². The third kappa shape index (κ3) is 5.53. The molecule has 0 amide bonds. The molecule has 1 heterocycles. The summed E-state index contributed by atoms with van der Waals surface area (Å²) in [5, 5.41) is 3.69. The Morgan fingerprint density at radius 1 is 1.13 bits per heavy atom. The van der Waals surface area contributed by atoms with E-state index in [2.05, 4.69) is 51.8 Å². The number of nitrogens with one attached hydrogen (secondary N) is 1. The third-order valence-corrected chi connectivity index (χ3v) is 2.61. The van der Waals surface area contributed by atoms with E-state index in [1.807, 2.05) is 0 Å². The summed E-state index contributed by atoms with van der Waals surface area (Å²) < 4.78 is 0. The number of nitrogens with zero attached hydrogens (tertiary/aromatic N) is 1. The normalized spacial score (nSPS) is 24.8. The standard InChI is InChI=1S/C13H28N2/c1-12(2,3)10-15-8-7-11(9-15)14-13(4,5)6/h11,14H,7-10H2,1-6H3. The van der Waals surface area contributed by atoms with E-state index in [4.69, 9.17) is 0 Å². The summed E-state index contributed by atoms with van der Waals surface area (Å²) in [4.78, 5) is 2.59. The molecule has 2 heteroatoms. The molecular weight excluding hydrogens is 184 g/mol. The predicted molar refractivity (Wildman–Crippen MR) is 67.2 cm³/mol. The average Bonchev–Trinajstić information content (AvgIpc) is 2.28. The summed E-state index contributed by atoms with van der Waals surface area (Å²) in [6.45, 7) is 17.4. The lowest BCUT2D eigenvalue weighted by Gasteiger charge is -2.28. The first-order valence-corrected chi connectivity index (χ1v) is 6.16. The Morgan fingerprint density at radius 3 is 2.20 bits per heavy atom. The van der Waals surface area contributed by atoms with Gasteiger partial charge in [-0.3, -0.25) is 0 Å². The fourth-order valence-corrected chi connectivity index (χ4v) is 2.38. The second-order valence-electron chi connectivity index (χ2n) is 7.18. The minimum Gasteiger partial charge on any atom is -0.308 e. The molecular formula is C13H28N2. The van der Waals surface area contributed by atoms with Crippen molar-refractivity contribution in [3.8, 4) is 0 Å². The van der Waals surface area contributed by atoms with Crippen molar-refractivity contribution in [2.75, 3.05) is 19.6 Å². The molecule has 1 saturated heterocycles. The van der Waals surface area contributed by atoms with Crippen LogP contribution in [0.5, 0.6) is 0 Å². The largest absolute Gasteiger partial charge is 0.308 e. The van der Waals surface area contributed by atoms with Crippen LogP contribution in [0, 0.1) is 5.41 Å². The summed E-state index contributed by atoms with van der Waals surface area (Å²) in [6.07, 6.45) is 1.30. The van der Waals surface area contributed by atoms with Crippen molar-refractivity contribution in [1.29, 1.82) is 0 Å². The molecule has 1 aliphatic rings. The zero-order valence-corrected chi connectivity index (χ0v) is 11.4. The van der Waals surface area contributed by atoms with Gasteiger partial charge in [-0.15, -0.1) is 0 Å².